The maximum absolute atomic E-state index is 5.07. The minimum absolute atomic E-state index is 0.0278. The zero-order valence-electron chi connectivity index (χ0n) is 5.96. The highest BCUT2D eigenvalue weighted by molar-refractivity contribution is 4.82. The second-order valence-corrected chi connectivity index (χ2v) is 2.15. The van der Waals surface area contributed by atoms with E-state index in [0.717, 1.165) is 0 Å². The molecule has 1 aliphatic rings. The van der Waals surface area contributed by atoms with Crippen molar-refractivity contribution < 1.29 is 14.2 Å². The van der Waals surface area contributed by atoms with E-state index in [1.807, 2.05) is 6.92 Å². The number of hydrogen-bond donors (Lipinski definition) is 0. The minimum Gasteiger partial charge on any atom is -0.379 e. The van der Waals surface area contributed by atoms with Gasteiger partial charge in [0, 0.05) is 14.2 Å². The summed E-state index contributed by atoms with van der Waals surface area (Å²) in [7, 11) is 3.30. The van der Waals surface area contributed by atoms with Gasteiger partial charge >= 0.3 is 0 Å². The lowest BCUT2D eigenvalue weighted by atomic mass is 10.3. The first-order valence-corrected chi connectivity index (χ1v) is 3.00. The van der Waals surface area contributed by atoms with Crippen LogP contribution < -0.4 is 0 Å². The Morgan fingerprint density at radius 1 is 1.44 bits per heavy atom. The number of epoxide rings is 1. The van der Waals surface area contributed by atoms with Gasteiger partial charge in [0.15, 0.2) is 6.29 Å². The highest BCUT2D eigenvalue weighted by Crippen LogP contribution is 2.26. The normalized spacial score (nSPS) is 36.3. The third-order valence-electron chi connectivity index (χ3n) is 1.55. The second-order valence-electron chi connectivity index (χ2n) is 2.15. The molecule has 3 heteroatoms. The Balaban J connectivity index is 2.17. The SMILES string of the molecule is COC(C)[C@@H]1OC1OC. The maximum atomic E-state index is 5.07. The van der Waals surface area contributed by atoms with Crippen LogP contribution in [0.15, 0.2) is 0 Å². The number of methoxy groups -OCH3 is 2. The Morgan fingerprint density at radius 2 is 2.11 bits per heavy atom. The fourth-order valence-corrected chi connectivity index (χ4v) is 0.765. The van der Waals surface area contributed by atoms with E-state index in [1.165, 1.54) is 0 Å². The predicted molar refractivity (Wildman–Crippen MR) is 32.1 cm³/mol. The largest absolute Gasteiger partial charge is 0.379 e. The van der Waals surface area contributed by atoms with Crippen LogP contribution in [0.1, 0.15) is 6.92 Å². The summed E-state index contributed by atoms with van der Waals surface area (Å²) in [5, 5.41) is 0. The smallest absolute Gasteiger partial charge is 0.186 e. The standard InChI is InChI=1S/C6H12O3/c1-4(7-2)5-6(8-3)9-5/h4-6H,1-3H3/t4?,5-,6?/m0/s1. The first kappa shape index (κ1) is 6.99. The van der Waals surface area contributed by atoms with E-state index in [1.54, 1.807) is 14.2 Å². The van der Waals surface area contributed by atoms with E-state index in [-0.39, 0.29) is 18.5 Å². The van der Waals surface area contributed by atoms with E-state index in [0.29, 0.717) is 0 Å². The molecule has 2 unspecified atom stereocenters. The van der Waals surface area contributed by atoms with Crippen LogP contribution in [0.3, 0.4) is 0 Å². The molecular formula is C6H12O3. The van der Waals surface area contributed by atoms with Crippen LogP contribution in [-0.2, 0) is 14.2 Å². The number of ether oxygens (including phenoxy) is 3. The summed E-state index contributed by atoms with van der Waals surface area (Å²) in [5.74, 6) is 0. The molecule has 1 aliphatic heterocycles. The minimum atomic E-state index is -0.0278. The van der Waals surface area contributed by atoms with Gasteiger partial charge in [-0.3, -0.25) is 0 Å². The first-order valence-electron chi connectivity index (χ1n) is 3.00. The molecule has 0 radical (unpaired) electrons. The average molecular weight is 132 g/mol. The van der Waals surface area contributed by atoms with Crippen LogP contribution in [0.25, 0.3) is 0 Å². The molecule has 54 valence electrons. The average Bonchev–Trinajstić information content (AvgIpc) is 2.64. The van der Waals surface area contributed by atoms with E-state index >= 15 is 0 Å². The van der Waals surface area contributed by atoms with Gasteiger partial charge in [-0.1, -0.05) is 0 Å². The zero-order valence-corrected chi connectivity index (χ0v) is 5.96. The Morgan fingerprint density at radius 3 is 2.44 bits per heavy atom. The van der Waals surface area contributed by atoms with Gasteiger partial charge < -0.3 is 14.2 Å². The summed E-state index contributed by atoms with van der Waals surface area (Å²) in [5.41, 5.74) is 0. The fourth-order valence-electron chi connectivity index (χ4n) is 0.765. The van der Waals surface area contributed by atoms with Crippen LogP contribution in [0.5, 0.6) is 0 Å². The zero-order chi connectivity index (χ0) is 6.85. The van der Waals surface area contributed by atoms with Crippen LogP contribution in [0.4, 0.5) is 0 Å². The first-order chi connectivity index (χ1) is 4.29. The predicted octanol–water partition coefficient (Wildman–Crippen LogP) is 0.393. The van der Waals surface area contributed by atoms with Crippen molar-refractivity contribution >= 4 is 0 Å². The fraction of sp³-hybridized carbons (Fsp3) is 1.00. The molecule has 1 saturated heterocycles. The molecule has 0 N–H and O–H groups in total. The molecule has 3 atom stereocenters. The Labute approximate surface area is 54.9 Å². The van der Waals surface area contributed by atoms with Crippen molar-refractivity contribution in [2.24, 2.45) is 0 Å². The van der Waals surface area contributed by atoms with Gasteiger partial charge in [-0.2, -0.15) is 0 Å². The van der Waals surface area contributed by atoms with Gasteiger partial charge in [0.1, 0.15) is 6.10 Å². The van der Waals surface area contributed by atoms with Gasteiger partial charge in [-0.25, -0.2) is 0 Å². The Kier molecular flexibility index (Phi) is 2.05. The Bertz CT molecular complexity index is 94.3. The summed E-state index contributed by atoms with van der Waals surface area (Å²) in [4.78, 5) is 0. The molecule has 0 saturated carbocycles. The molecule has 0 aromatic carbocycles. The Hall–Kier alpha value is -0.120. The van der Waals surface area contributed by atoms with Gasteiger partial charge in [-0.05, 0) is 6.92 Å². The van der Waals surface area contributed by atoms with E-state index in [4.69, 9.17) is 14.2 Å². The molecule has 1 heterocycles. The molecule has 9 heavy (non-hydrogen) atoms. The van der Waals surface area contributed by atoms with Crippen LogP contribution >= 0.6 is 0 Å². The molecule has 0 aromatic heterocycles. The second kappa shape index (κ2) is 2.64. The lowest BCUT2D eigenvalue weighted by Gasteiger charge is -2.02. The molecule has 1 rings (SSSR count). The van der Waals surface area contributed by atoms with Gasteiger partial charge in [-0.15, -0.1) is 0 Å². The third kappa shape index (κ3) is 1.41. The molecule has 0 aromatic rings. The molecule has 1 fully saturated rings. The highest BCUT2D eigenvalue weighted by atomic mass is 16.8. The van der Waals surface area contributed by atoms with E-state index in [9.17, 15) is 0 Å². The summed E-state index contributed by atoms with van der Waals surface area (Å²) in [6.45, 7) is 1.96. The number of hydrogen-bond acceptors (Lipinski definition) is 3. The van der Waals surface area contributed by atoms with Crippen LogP contribution in [-0.4, -0.2) is 32.7 Å². The van der Waals surface area contributed by atoms with E-state index in [2.05, 4.69) is 0 Å². The van der Waals surface area contributed by atoms with Gasteiger partial charge in [0.2, 0.25) is 0 Å². The monoisotopic (exact) mass is 132 g/mol. The summed E-state index contributed by atoms with van der Waals surface area (Å²) >= 11 is 0. The molecule has 3 nitrogen and oxygen atoms in total. The lowest BCUT2D eigenvalue weighted by Crippen LogP contribution is -2.15. The summed E-state index contributed by atoms with van der Waals surface area (Å²) in [6, 6.07) is 0. The van der Waals surface area contributed by atoms with Gasteiger partial charge in [0.25, 0.3) is 0 Å². The van der Waals surface area contributed by atoms with Crippen molar-refractivity contribution in [2.75, 3.05) is 14.2 Å². The maximum Gasteiger partial charge on any atom is 0.186 e. The number of rotatable bonds is 3. The molecule has 0 bridgehead atoms. The molecular weight excluding hydrogens is 120 g/mol. The topological polar surface area (TPSA) is 31.0 Å². The van der Waals surface area contributed by atoms with Crippen molar-refractivity contribution in [3.8, 4) is 0 Å². The van der Waals surface area contributed by atoms with Crippen LogP contribution in [0, 0.1) is 0 Å². The third-order valence-corrected chi connectivity index (χ3v) is 1.55. The van der Waals surface area contributed by atoms with Crippen molar-refractivity contribution in [3.05, 3.63) is 0 Å². The van der Waals surface area contributed by atoms with Crippen molar-refractivity contribution in [1.29, 1.82) is 0 Å². The highest BCUT2D eigenvalue weighted by Gasteiger charge is 2.43. The molecule has 0 spiro atoms. The van der Waals surface area contributed by atoms with Crippen molar-refractivity contribution in [2.45, 2.75) is 25.4 Å². The van der Waals surface area contributed by atoms with Crippen molar-refractivity contribution in [1.82, 2.24) is 0 Å². The quantitative estimate of drug-likeness (QED) is 0.520. The summed E-state index contributed by atoms with van der Waals surface area (Å²) < 4.78 is 15.0. The lowest BCUT2D eigenvalue weighted by molar-refractivity contribution is 0.0907. The molecule has 0 amide bonds. The molecule has 0 aliphatic carbocycles. The van der Waals surface area contributed by atoms with Crippen LogP contribution in [0.2, 0.25) is 0 Å². The van der Waals surface area contributed by atoms with Gasteiger partial charge in [0.05, 0.1) is 6.10 Å². The van der Waals surface area contributed by atoms with Crippen molar-refractivity contribution in [3.63, 3.8) is 0 Å². The summed E-state index contributed by atoms with van der Waals surface area (Å²) in [6.07, 6.45) is 0.273. The van der Waals surface area contributed by atoms with E-state index < -0.39 is 0 Å².